The SMILES string of the molecule is O=C(NCc1nnc2n1CCCC2)NC[C@@H]1CCCc2ccccc21. The Bertz CT molecular complexity index is 754. The molecule has 0 saturated heterocycles. The highest BCUT2D eigenvalue weighted by atomic mass is 16.2. The molecule has 1 aromatic heterocycles. The number of carbonyl (C=O) groups is 1. The molecule has 2 aliphatic rings. The summed E-state index contributed by atoms with van der Waals surface area (Å²) in [6.07, 6.45) is 6.79. The third-order valence-electron chi connectivity index (χ3n) is 5.35. The van der Waals surface area contributed by atoms with Crippen LogP contribution in [0.4, 0.5) is 4.79 Å². The maximum Gasteiger partial charge on any atom is 0.315 e. The average Bonchev–Trinajstić information content (AvgIpc) is 3.08. The maximum atomic E-state index is 12.2. The molecule has 0 unspecified atom stereocenters. The van der Waals surface area contributed by atoms with E-state index in [1.165, 1.54) is 24.0 Å². The van der Waals surface area contributed by atoms with E-state index in [0.29, 0.717) is 19.0 Å². The zero-order valence-electron chi connectivity index (χ0n) is 14.5. The molecule has 0 spiro atoms. The normalized spacial score (nSPS) is 19.0. The molecule has 25 heavy (non-hydrogen) atoms. The van der Waals surface area contributed by atoms with Crippen molar-refractivity contribution in [2.75, 3.05) is 6.54 Å². The van der Waals surface area contributed by atoms with E-state index >= 15 is 0 Å². The first-order chi connectivity index (χ1) is 12.3. The lowest BCUT2D eigenvalue weighted by atomic mass is 9.83. The van der Waals surface area contributed by atoms with E-state index in [1.807, 2.05) is 0 Å². The van der Waals surface area contributed by atoms with Gasteiger partial charge in [0.25, 0.3) is 0 Å². The summed E-state index contributed by atoms with van der Waals surface area (Å²) in [4.78, 5) is 12.2. The van der Waals surface area contributed by atoms with E-state index < -0.39 is 0 Å². The third kappa shape index (κ3) is 3.52. The number of aryl methyl sites for hydroxylation is 2. The lowest BCUT2D eigenvalue weighted by Gasteiger charge is -2.25. The van der Waals surface area contributed by atoms with Crippen molar-refractivity contribution in [3.63, 3.8) is 0 Å². The molecule has 1 atom stereocenters. The number of hydrogen-bond donors (Lipinski definition) is 2. The van der Waals surface area contributed by atoms with Gasteiger partial charge in [-0.3, -0.25) is 0 Å². The fourth-order valence-electron chi connectivity index (χ4n) is 4.00. The van der Waals surface area contributed by atoms with Crippen molar-refractivity contribution < 1.29 is 4.79 Å². The Kier molecular flexibility index (Phi) is 4.68. The van der Waals surface area contributed by atoms with Crippen molar-refractivity contribution in [2.45, 2.75) is 57.5 Å². The van der Waals surface area contributed by atoms with E-state index in [0.717, 1.165) is 43.9 Å². The summed E-state index contributed by atoms with van der Waals surface area (Å²) in [5.41, 5.74) is 2.82. The van der Waals surface area contributed by atoms with Gasteiger partial charge in [-0.2, -0.15) is 0 Å². The minimum atomic E-state index is -0.129. The summed E-state index contributed by atoms with van der Waals surface area (Å²) in [6.45, 7) is 2.07. The third-order valence-corrected chi connectivity index (χ3v) is 5.35. The number of amides is 2. The zero-order valence-corrected chi connectivity index (χ0v) is 14.5. The van der Waals surface area contributed by atoms with Gasteiger partial charge in [-0.15, -0.1) is 10.2 Å². The standard InChI is InChI=1S/C19H25N5O/c25-19(21-13-18-23-22-17-10-3-4-11-24(17)18)20-12-15-8-5-7-14-6-1-2-9-16(14)15/h1-2,6,9,15H,3-5,7-8,10-13H2,(H2,20,21,25)/t15-/m0/s1. The van der Waals surface area contributed by atoms with Crippen LogP contribution in [0.3, 0.4) is 0 Å². The van der Waals surface area contributed by atoms with Gasteiger partial charge in [-0.1, -0.05) is 24.3 Å². The van der Waals surface area contributed by atoms with Gasteiger partial charge in [0.05, 0.1) is 6.54 Å². The highest BCUT2D eigenvalue weighted by molar-refractivity contribution is 5.73. The number of carbonyl (C=O) groups excluding carboxylic acids is 1. The highest BCUT2D eigenvalue weighted by Gasteiger charge is 2.20. The van der Waals surface area contributed by atoms with Crippen LogP contribution in [-0.2, 0) is 25.9 Å². The molecule has 6 heteroatoms. The molecule has 1 aliphatic carbocycles. The molecule has 2 aromatic rings. The topological polar surface area (TPSA) is 71.8 Å². The minimum Gasteiger partial charge on any atom is -0.338 e. The summed E-state index contributed by atoms with van der Waals surface area (Å²) in [7, 11) is 0. The van der Waals surface area contributed by atoms with Crippen LogP contribution in [0, 0.1) is 0 Å². The Labute approximate surface area is 148 Å². The number of urea groups is 1. The number of fused-ring (bicyclic) bond motifs is 2. The van der Waals surface area contributed by atoms with Crippen LogP contribution in [0.5, 0.6) is 0 Å². The Morgan fingerprint density at radius 1 is 1.12 bits per heavy atom. The van der Waals surface area contributed by atoms with Gasteiger partial charge in [0.15, 0.2) is 5.82 Å². The molecule has 0 bridgehead atoms. The molecule has 2 N–H and O–H groups in total. The molecular formula is C19H25N5O. The highest BCUT2D eigenvalue weighted by Crippen LogP contribution is 2.30. The predicted molar refractivity (Wildman–Crippen MR) is 95.3 cm³/mol. The van der Waals surface area contributed by atoms with Crippen molar-refractivity contribution in [2.24, 2.45) is 0 Å². The second-order valence-electron chi connectivity index (χ2n) is 6.99. The number of aromatic nitrogens is 3. The van der Waals surface area contributed by atoms with Crippen LogP contribution in [0.15, 0.2) is 24.3 Å². The molecule has 0 radical (unpaired) electrons. The van der Waals surface area contributed by atoms with Crippen LogP contribution < -0.4 is 10.6 Å². The fraction of sp³-hybridized carbons (Fsp3) is 0.526. The second kappa shape index (κ2) is 7.25. The van der Waals surface area contributed by atoms with Gasteiger partial charge in [-0.05, 0) is 43.2 Å². The number of benzene rings is 1. The number of rotatable bonds is 4. The van der Waals surface area contributed by atoms with Crippen LogP contribution in [-0.4, -0.2) is 27.3 Å². The first-order valence-electron chi connectivity index (χ1n) is 9.32. The fourth-order valence-corrected chi connectivity index (χ4v) is 4.00. The number of nitrogens with one attached hydrogen (secondary N) is 2. The van der Waals surface area contributed by atoms with Crippen molar-refractivity contribution >= 4 is 6.03 Å². The van der Waals surface area contributed by atoms with Crippen molar-refractivity contribution in [1.82, 2.24) is 25.4 Å². The second-order valence-corrected chi connectivity index (χ2v) is 6.99. The van der Waals surface area contributed by atoms with Gasteiger partial charge >= 0.3 is 6.03 Å². The Balaban J connectivity index is 1.30. The monoisotopic (exact) mass is 339 g/mol. The molecule has 1 aromatic carbocycles. The van der Waals surface area contributed by atoms with E-state index in [4.69, 9.17) is 0 Å². The van der Waals surface area contributed by atoms with E-state index in [-0.39, 0.29) is 6.03 Å². The van der Waals surface area contributed by atoms with Crippen molar-refractivity contribution in [3.05, 3.63) is 47.0 Å². The Hall–Kier alpha value is -2.37. The van der Waals surface area contributed by atoms with Gasteiger partial charge in [-0.25, -0.2) is 4.79 Å². The van der Waals surface area contributed by atoms with E-state index in [9.17, 15) is 4.79 Å². The molecule has 0 fully saturated rings. The summed E-state index contributed by atoms with van der Waals surface area (Å²) in [6, 6.07) is 8.46. The molecule has 4 rings (SSSR count). The largest absolute Gasteiger partial charge is 0.338 e. The smallest absolute Gasteiger partial charge is 0.315 e. The summed E-state index contributed by atoms with van der Waals surface area (Å²) in [5.74, 6) is 2.31. The first-order valence-corrected chi connectivity index (χ1v) is 9.32. The minimum absolute atomic E-state index is 0.129. The molecule has 1 aliphatic heterocycles. The maximum absolute atomic E-state index is 12.2. The molecular weight excluding hydrogens is 314 g/mol. The van der Waals surface area contributed by atoms with Gasteiger partial charge in [0.2, 0.25) is 0 Å². The van der Waals surface area contributed by atoms with Crippen LogP contribution in [0.2, 0.25) is 0 Å². The van der Waals surface area contributed by atoms with Gasteiger partial charge in [0, 0.05) is 25.4 Å². The van der Waals surface area contributed by atoms with Gasteiger partial charge in [0.1, 0.15) is 5.82 Å². The summed E-state index contributed by atoms with van der Waals surface area (Å²) in [5, 5.41) is 14.4. The van der Waals surface area contributed by atoms with Gasteiger partial charge < -0.3 is 15.2 Å². The average molecular weight is 339 g/mol. The Morgan fingerprint density at radius 2 is 2.04 bits per heavy atom. The molecule has 2 heterocycles. The molecule has 2 amide bonds. The molecule has 0 saturated carbocycles. The quantitative estimate of drug-likeness (QED) is 0.899. The van der Waals surface area contributed by atoms with Crippen LogP contribution >= 0.6 is 0 Å². The van der Waals surface area contributed by atoms with E-state index in [2.05, 4.69) is 49.7 Å². The number of nitrogens with zero attached hydrogens (tertiary/aromatic N) is 3. The first kappa shape index (κ1) is 16.1. The zero-order chi connectivity index (χ0) is 17.1. The number of hydrogen-bond acceptors (Lipinski definition) is 3. The van der Waals surface area contributed by atoms with Crippen molar-refractivity contribution in [3.8, 4) is 0 Å². The Morgan fingerprint density at radius 3 is 3.00 bits per heavy atom. The lowest BCUT2D eigenvalue weighted by Crippen LogP contribution is -2.38. The predicted octanol–water partition coefficient (Wildman–Crippen LogP) is 2.53. The van der Waals surface area contributed by atoms with Crippen molar-refractivity contribution in [1.29, 1.82) is 0 Å². The van der Waals surface area contributed by atoms with Crippen LogP contribution in [0.25, 0.3) is 0 Å². The van der Waals surface area contributed by atoms with Crippen LogP contribution in [0.1, 0.15) is 54.4 Å². The van der Waals surface area contributed by atoms with E-state index in [1.54, 1.807) is 0 Å². The summed E-state index contributed by atoms with van der Waals surface area (Å²) < 4.78 is 2.14. The summed E-state index contributed by atoms with van der Waals surface area (Å²) >= 11 is 0. The molecule has 132 valence electrons. The molecule has 6 nitrogen and oxygen atoms in total. The lowest BCUT2D eigenvalue weighted by molar-refractivity contribution is 0.239.